The number of hydrogen-bond donors (Lipinski definition) is 1. The highest BCUT2D eigenvalue weighted by atomic mass is 32.2. The summed E-state index contributed by atoms with van der Waals surface area (Å²) in [4.78, 5) is 12.4. The summed E-state index contributed by atoms with van der Waals surface area (Å²) in [5.74, 6) is 2.57. The molecule has 0 bridgehead atoms. The summed E-state index contributed by atoms with van der Waals surface area (Å²) in [6.45, 7) is 4.32. The maximum Gasteiger partial charge on any atom is 0.236 e. The molecule has 2 heterocycles. The molecule has 0 saturated carbocycles. The highest BCUT2D eigenvalue weighted by Crippen LogP contribution is 2.25. The van der Waals surface area contributed by atoms with E-state index in [-0.39, 0.29) is 11.7 Å². The third-order valence-corrected chi connectivity index (χ3v) is 5.47. The molecule has 4 rings (SSSR count). The molecule has 9 heteroatoms. The van der Waals surface area contributed by atoms with Crippen molar-refractivity contribution in [1.29, 1.82) is 0 Å². The molecule has 2 aromatic heterocycles. The van der Waals surface area contributed by atoms with Gasteiger partial charge in [0.15, 0.2) is 11.0 Å². The van der Waals surface area contributed by atoms with E-state index >= 15 is 0 Å². The van der Waals surface area contributed by atoms with Crippen molar-refractivity contribution < 1.29 is 14.1 Å². The second kappa shape index (κ2) is 10.1. The predicted octanol–water partition coefficient (Wildman–Crippen LogP) is 4.28. The summed E-state index contributed by atoms with van der Waals surface area (Å²) in [6.07, 6.45) is 0.617. The van der Waals surface area contributed by atoms with Gasteiger partial charge in [0.2, 0.25) is 5.91 Å². The number of hydrogen-bond acceptors (Lipinski definition) is 7. The Bertz CT molecular complexity index is 1170. The van der Waals surface area contributed by atoms with Crippen LogP contribution in [0.25, 0.3) is 5.69 Å². The Balaban J connectivity index is 1.56. The van der Waals surface area contributed by atoms with Gasteiger partial charge in [-0.05, 0) is 43.7 Å². The normalized spacial score (nSPS) is 10.8. The fourth-order valence-corrected chi connectivity index (χ4v) is 3.91. The van der Waals surface area contributed by atoms with E-state index in [1.165, 1.54) is 11.8 Å². The molecular weight excluding hydrogens is 426 g/mol. The SMILES string of the molecule is CCOc1ccc(-n2c(Cc3ccccc3)nnc2SCC(=O)Nc2cc(C)on2)cc1. The predicted molar refractivity (Wildman–Crippen MR) is 122 cm³/mol. The molecule has 164 valence electrons. The molecule has 0 aliphatic carbocycles. The number of rotatable bonds is 9. The smallest absolute Gasteiger partial charge is 0.236 e. The average Bonchev–Trinajstić information content (AvgIpc) is 3.39. The summed E-state index contributed by atoms with van der Waals surface area (Å²) >= 11 is 1.31. The van der Waals surface area contributed by atoms with Gasteiger partial charge in [-0.3, -0.25) is 9.36 Å². The van der Waals surface area contributed by atoms with Gasteiger partial charge in [-0.25, -0.2) is 0 Å². The van der Waals surface area contributed by atoms with E-state index < -0.39 is 0 Å². The first kappa shape index (κ1) is 21.6. The van der Waals surface area contributed by atoms with Crippen molar-refractivity contribution in [2.24, 2.45) is 0 Å². The molecule has 8 nitrogen and oxygen atoms in total. The fourth-order valence-electron chi connectivity index (χ4n) is 3.14. The summed E-state index contributed by atoms with van der Waals surface area (Å²) < 4.78 is 12.5. The molecule has 0 atom stereocenters. The van der Waals surface area contributed by atoms with Crippen LogP contribution in [-0.4, -0.2) is 38.2 Å². The van der Waals surface area contributed by atoms with E-state index in [2.05, 4.69) is 32.8 Å². The van der Waals surface area contributed by atoms with E-state index in [9.17, 15) is 4.79 Å². The lowest BCUT2D eigenvalue weighted by Crippen LogP contribution is -2.15. The van der Waals surface area contributed by atoms with Crippen LogP contribution in [-0.2, 0) is 11.2 Å². The molecule has 1 N–H and O–H groups in total. The molecule has 32 heavy (non-hydrogen) atoms. The van der Waals surface area contributed by atoms with Crippen molar-refractivity contribution in [1.82, 2.24) is 19.9 Å². The van der Waals surface area contributed by atoms with Gasteiger partial charge in [-0.1, -0.05) is 47.3 Å². The van der Waals surface area contributed by atoms with Crippen molar-refractivity contribution in [3.63, 3.8) is 0 Å². The van der Waals surface area contributed by atoms with Crippen LogP contribution in [0, 0.1) is 6.92 Å². The van der Waals surface area contributed by atoms with Crippen molar-refractivity contribution in [2.75, 3.05) is 17.7 Å². The van der Waals surface area contributed by atoms with Gasteiger partial charge in [0, 0.05) is 18.2 Å². The van der Waals surface area contributed by atoms with Crippen LogP contribution in [0.15, 0.2) is 70.3 Å². The number of carbonyl (C=O) groups is 1. The number of thioether (sulfide) groups is 1. The number of aryl methyl sites for hydroxylation is 1. The average molecular weight is 450 g/mol. The van der Waals surface area contributed by atoms with Gasteiger partial charge in [0.25, 0.3) is 0 Å². The van der Waals surface area contributed by atoms with Gasteiger partial charge in [0.05, 0.1) is 12.4 Å². The molecule has 0 unspecified atom stereocenters. The highest BCUT2D eigenvalue weighted by molar-refractivity contribution is 7.99. The van der Waals surface area contributed by atoms with E-state index in [0.717, 1.165) is 22.8 Å². The van der Waals surface area contributed by atoms with E-state index in [0.29, 0.717) is 29.8 Å². The zero-order chi connectivity index (χ0) is 22.3. The molecular formula is C23H23N5O3S. The molecule has 2 aromatic carbocycles. The Labute approximate surface area is 190 Å². The molecule has 0 spiro atoms. The molecule has 1 amide bonds. The van der Waals surface area contributed by atoms with E-state index in [1.54, 1.807) is 13.0 Å². The molecule has 0 saturated heterocycles. The van der Waals surface area contributed by atoms with Crippen LogP contribution in [0.1, 0.15) is 24.1 Å². The summed E-state index contributed by atoms with van der Waals surface area (Å²) in [5.41, 5.74) is 2.03. The fraction of sp³-hybridized carbons (Fsp3) is 0.217. The number of benzene rings is 2. The van der Waals surface area contributed by atoms with Crippen LogP contribution < -0.4 is 10.1 Å². The largest absolute Gasteiger partial charge is 0.494 e. The standard InChI is InChI=1S/C23H23N5O3S/c1-3-30-19-11-9-18(10-12-19)28-21(14-17-7-5-4-6-8-17)25-26-23(28)32-15-22(29)24-20-13-16(2)31-27-20/h4-13H,3,14-15H2,1-2H3,(H,24,27,29). The number of nitrogens with one attached hydrogen (secondary N) is 1. The number of nitrogens with zero attached hydrogens (tertiary/aromatic N) is 4. The van der Waals surface area contributed by atoms with Crippen LogP contribution in [0.4, 0.5) is 5.82 Å². The maximum atomic E-state index is 12.4. The van der Waals surface area contributed by atoms with Gasteiger partial charge >= 0.3 is 0 Å². The summed E-state index contributed by atoms with van der Waals surface area (Å²) in [5, 5.41) is 15.9. The van der Waals surface area contributed by atoms with Crippen LogP contribution in [0.5, 0.6) is 5.75 Å². The lowest BCUT2D eigenvalue weighted by molar-refractivity contribution is -0.113. The van der Waals surface area contributed by atoms with Crippen LogP contribution in [0.3, 0.4) is 0 Å². The van der Waals surface area contributed by atoms with Crippen molar-refractivity contribution in [3.05, 3.63) is 77.8 Å². The number of carbonyl (C=O) groups excluding carboxylic acids is 1. The molecule has 4 aromatic rings. The first-order chi connectivity index (χ1) is 15.6. The van der Waals surface area contributed by atoms with Crippen LogP contribution >= 0.6 is 11.8 Å². The van der Waals surface area contributed by atoms with Gasteiger partial charge in [-0.2, -0.15) is 0 Å². The third-order valence-electron chi connectivity index (χ3n) is 4.54. The quantitative estimate of drug-likeness (QED) is 0.381. The zero-order valence-electron chi connectivity index (χ0n) is 17.8. The van der Waals surface area contributed by atoms with Gasteiger partial charge in [0.1, 0.15) is 17.3 Å². The summed E-state index contributed by atoms with van der Waals surface area (Å²) in [7, 11) is 0. The molecule has 0 radical (unpaired) electrons. The highest BCUT2D eigenvalue weighted by Gasteiger charge is 2.17. The summed E-state index contributed by atoms with van der Waals surface area (Å²) in [6, 6.07) is 19.5. The lowest BCUT2D eigenvalue weighted by atomic mass is 10.1. The van der Waals surface area contributed by atoms with Crippen molar-refractivity contribution in [2.45, 2.75) is 25.4 Å². The second-order valence-corrected chi connectivity index (χ2v) is 7.93. The minimum absolute atomic E-state index is 0.159. The minimum Gasteiger partial charge on any atom is -0.494 e. The molecule has 0 aliphatic rings. The van der Waals surface area contributed by atoms with Crippen molar-refractivity contribution >= 4 is 23.5 Å². The second-order valence-electron chi connectivity index (χ2n) is 6.98. The lowest BCUT2D eigenvalue weighted by Gasteiger charge is -2.11. The van der Waals surface area contributed by atoms with Crippen molar-refractivity contribution in [3.8, 4) is 11.4 Å². The van der Waals surface area contributed by atoms with Gasteiger partial charge in [-0.15, -0.1) is 10.2 Å². The molecule has 0 aliphatic heterocycles. The third kappa shape index (κ3) is 5.36. The van der Waals surface area contributed by atoms with Crippen LogP contribution in [0.2, 0.25) is 0 Å². The van der Waals surface area contributed by atoms with E-state index in [4.69, 9.17) is 9.26 Å². The Kier molecular flexibility index (Phi) is 6.86. The minimum atomic E-state index is -0.200. The Hall–Kier alpha value is -3.59. The Morgan fingerprint density at radius 3 is 2.59 bits per heavy atom. The number of aromatic nitrogens is 4. The number of amides is 1. The number of anilines is 1. The Morgan fingerprint density at radius 2 is 1.91 bits per heavy atom. The van der Waals surface area contributed by atoms with Gasteiger partial charge < -0.3 is 14.6 Å². The number of ether oxygens (including phenoxy) is 1. The monoisotopic (exact) mass is 449 g/mol. The Morgan fingerprint density at radius 1 is 1.12 bits per heavy atom. The first-order valence-electron chi connectivity index (χ1n) is 10.2. The first-order valence-corrected chi connectivity index (χ1v) is 11.2. The molecule has 0 fully saturated rings. The topological polar surface area (TPSA) is 95.1 Å². The zero-order valence-corrected chi connectivity index (χ0v) is 18.6. The van der Waals surface area contributed by atoms with E-state index in [1.807, 2.05) is 54.0 Å². The maximum absolute atomic E-state index is 12.4.